The Morgan fingerprint density at radius 3 is 2.20 bits per heavy atom. The normalized spacial score (nSPS) is 12.0. The molecule has 0 unspecified atom stereocenters. The third-order valence-corrected chi connectivity index (χ3v) is 5.15. The second-order valence-electron chi connectivity index (χ2n) is 7.81. The van der Waals surface area contributed by atoms with E-state index < -0.39 is 17.9 Å². The van der Waals surface area contributed by atoms with Gasteiger partial charge >= 0.3 is 0 Å². The van der Waals surface area contributed by atoms with Gasteiger partial charge < -0.3 is 21.4 Å². The molecule has 0 fully saturated rings. The molecular weight excluding hydrogens is 448 g/mol. The molecule has 3 rings (SSSR count). The van der Waals surface area contributed by atoms with Crippen LogP contribution in [-0.2, 0) is 16.0 Å². The maximum Gasteiger partial charge on any atom is 0.267 e. The number of aromatic amines is 1. The standard InChI is InChI=1S/C25H26N6O4/c1-16(12-21-14-27-15-28-21)23(32)29-20-10-6-18(7-11-20)3-2-17-4-8-19(9-5-17)24(33)30-22(13-26)25(34)31-35/h4-11,14-16,22,35H,12-13,26H2,1H3,(H,27,28)(H,29,32)(H,30,33)(H,31,34)/t16-,22-/m0/s1. The van der Waals surface area contributed by atoms with Crippen molar-refractivity contribution in [1.29, 1.82) is 0 Å². The lowest BCUT2D eigenvalue weighted by molar-refractivity contribution is -0.130. The number of nitrogens with zero attached hydrogens (tertiary/aromatic N) is 1. The Labute approximate surface area is 202 Å². The number of hydroxylamine groups is 1. The Morgan fingerprint density at radius 2 is 1.66 bits per heavy atom. The lowest BCUT2D eigenvalue weighted by Gasteiger charge is -2.14. The van der Waals surface area contributed by atoms with Gasteiger partial charge in [0.05, 0.1) is 6.33 Å². The number of nitrogens with two attached hydrogens (primary N) is 1. The molecule has 2 aromatic carbocycles. The summed E-state index contributed by atoms with van der Waals surface area (Å²) >= 11 is 0. The van der Waals surface area contributed by atoms with Crippen molar-refractivity contribution in [1.82, 2.24) is 20.8 Å². The fraction of sp³-hybridized carbons (Fsp3) is 0.200. The van der Waals surface area contributed by atoms with Crippen molar-refractivity contribution < 1.29 is 19.6 Å². The topological polar surface area (TPSA) is 162 Å². The summed E-state index contributed by atoms with van der Waals surface area (Å²) in [6.07, 6.45) is 3.86. The Balaban J connectivity index is 1.56. The molecule has 3 amide bonds. The molecule has 180 valence electrons. The molecule has 0 aliphatic carbocycles. The molecule has 3 aromatic rings. The number of amides is 3. The molecule has 0 aliphatic heterocycles. The van der Waals surface area contributed by atoms with Gasteiger partial charge in [-0.25, -0.2) is 10.5 Å². The van der Waals surface area contributed by atoms with E-state index in [0.29, 0.717) is 23.2 Å². The molecule has 7 N–H and O–H groups in total. The first-order chi connectivity index (χ1) is 16.9. The third-order valence-electron chi connectivity index (χ3n) is 5.15. The highest BCUT2D eigenvalue weighted by Gasteiger charge is 2.19. The van der Waals surface area contributed by atoms with Gasteiger partial charge in [-0.05, 0) is 48.5 Å². The summed E-state index contributed by atoms with van der Waals surface area (Å²) in [5.74, 6) is 4.45. The minimum Gasteiger partial charge on any atom is -0.348 e. The van der Waals surface area contributed by atoms with E-state index in [1.807, 2.05) is 19.1 Å². The quantitative estimate of drug-likeness (QED) is 0.163. The zero-order chi connectivity index (χ0) is 25.2. The maximum atomic E-state index is 12.4. The van der Waals surface area contributed by atoms with Crippen LogP contribution < -0.4 is 21.8 Å². The van der Waals surface area contributed by atoms with Crippen molar-refractivity contribution in [3.63, 3.8) is 0 Å². The van der Waals surface area contributed by atoms with E-state index in [0.717, 1.165) is 11.3 Å². The molecule has 1 aromatic heterocycles. The van der Waals surface area contributed by atoms with Crippen molar-refractivity contribution in [2.24, 2.45) is 11.7 Å². The molecule has 0 spiro atoms. The average molecular weight is 475 g/mol. The predicted molar refractivity (Wildman–Crippen MR) is 129 cm³/mol. The van der Waals surface area contributed by atoms with Gasteiger partial charge in [0.2, 0.25) is 5.91 Å². The molecule has 1 heterocycles. The maximum absolute atomic E-state index is 12.4. The minimum absolute atomic E-state index is 0.0858. The smallest absolute Gasteiger partial charge is 0.267 e. The summed E-state index contributed by atoms with van der Waals surface area (Å²) in [6, 6.07) is 12.7. The van der Waals surface area contributed by atoms with E-state index in [4.69, 9.17) is 10.9 Å². The van der Waals surface area contributed by atoms with Crippen LogP contribution in [-0.4, -0.2) is 45.5 Å². The summed E-state index contributed by atoms with van der Waals surface area (Å²) in [5, 5.41) is 14.0. The SMILES string of the molecule is C[C@@H](Cc1cnc[nH]1)C(=O)Nc1ccc(C#Cc2ccc(C(=O)N[C@@H](CN)C(=O)NO)cc2)cc1. The molecule has 0 aliphatic rings. The van der Waals surface area contributed by atoms with Crippen LogP contribution in [0, 0.1) is 17.8 Å². The number of benzene rings is 2. The number of hydrogen-bond donors (Lipinski definition) is 6. The number of carbonyl (C=O) groups excluding carboxylic acids is 3. The van der Waals surface area contributed by atoms with Crippen LogP contribution in [0.1, 0.15) is 34.1 Å². The zero-order valence-corrected chi connectivity index (χ0v) is 19.0. The van der Waals surface area contributed by atoms with Crippen LogP contribution in [0.5, 0.6) is 0 Å². The fourth-order valence-electron chi connectivity index (χ4n) is 3.12. The number of hydrogen-bond acceptors (Lipinski definition) is 6. The molecule has 0 bridgehead atoms. The lowest BCUT2D eigenvalue weighted by atomic mass is 10.1. The first-order valence-electron chi connectivity index (χ1n) is 10.8. The van der Waals surface area contributed by atoms with Crippen LogP contribution >= 0.6 is 0 Å². The number of rotatable bonds is 8. The predicted octanol–water partition coefficient (Wildman–Crippen LogP) is 1.19. The van der Waals surface area contributed by atoms with Crippen molar-refractivity contribution >= 4 is 23.4 Å². The minimum atomic E-state index is -1.04. The van der Waals surface area contributed by atoms with Gasteiger partial charge in [0.25, 0.3) is 11.8 Å². The molecule has 35 heavy (non-hydrogen) atoms. The van der Waals surface area contributed by atoms with Gasteiger partial charge in [0, 0.05) is 53.2 Å². The summed E-state index contributed by atoms with van der Waals surface area (Å²) < 4.78 is 0. The highest BCUT2D eigenvalue weighted by atomic mass is 16.5. The largest absolute Gasteiger partial charge is 0.348 e. The van der Waals surface area contributed by atoms with E-state index in [1.54, 1.807) is 48.9 Å². The number of nitrogens with one attached hydrogen (secondary N) is 4. The first-order valence-corrected chi connectivity index (χ1v) is 10.8. The lowest BCUT2D eigenvalue weighted by Crippen LogP contribution is -2.50. The van der Waals surface area contributed by atoms with Crippen LogP contribution in [0.2, 0.25) is 0 Å². The molecule has 0 saturated carbocycles. The number of aromatic nitrogens is 2. The van der Waals surface area contributed by atoms with E-state index in [-0.39, 0.29) is 18.4 Å². The van der Waals surface area contributed by atoms with Crippen LogP contribution in [0.15, 0.2) is 61.1 Å². The van der Waals surface area contributed by atoms with Gasteiger partial charge in [-0.2, -0.15) is 0 Å². The van der Waals surface area contributed by atoms with E-state index >= 15 is 0 Å². The molecular formula is C25H26N6O4. The number of H-pyrrole nitrogens is 1. The fourth-order valence-corrected chi connectivity index (χ4v) is 3.12. The second kappa shape index (κ2) is 12.1. The van der Waals surface area contributed by atoms with Crippen molar-refractivity contribution in [2.45, 2.75) is 19.4 Å². The van der Waals surface area contributed by atoms with Gasteiger partial charge in [-0.1, -0.05) is 18.8 Å². The third kappa shape index (κ3) is 7.26. The van der Waals surface area contributed by atoms with Crippen molar-refractivity contribution in [2.75, 3.05) is 11.9 Å². The summed E-state index contributed by atoms with van der Waals surface area (Å²) in [4.78, 5) is 43.1. The molecule has 10 heteroatoms. The zero-order valence-electron chi connectivity index (χ0n) is 19.0. The average Bonchev–Trinajstić information content (AvgIpc) is 3.39. The Bertz CT molecular complexity index is 1210. The van der Waals surface area contributed by atoms with Crippen molar-refractivity contribution in [3.05, 3.63) is 83.4 Å². The highest BCUT2D eigenvalue weighted by Crippen LogP contribution is 2.13. The van der Waals surface area contributed by atoms with E-state index in [1.165, 1.54) is 5.48 Å². The second-order valence-corrected chi connectivity index (χ2v) is 7.81. The Hall–Kier alpha value is -4.46. The van der Waals surface area contributed by atoms with Crippen LogP contribution in [0.3, 0.4) is 0 Å². The Kier molecular flexibility index (Phi) is 8.72. The number of imidazole rings is 1. The van der Waals surface area contributed by atoms with E-state index in [9.17, 15) is 14.4 Å². The molecule has 10 nitrogen and oxygen atoms in total. The first kappa shape index (κ1) is 25.2. The van der Waals surface area contributed by atoms with Crippen LogP contribution in [0.4, 0.5) is 5.69 Å². The molecule has 2 atom stereocenters. The van der Waals surface area contributed by atoms with Gasteiger partial charge in [0.15, 0.2) is 0 Å². The van der Waals surface area contributed by atoms with Gasteiger partial charge in [-0.3, -0.25) is 19.6 Å². The summed E-state index contributed by atoms with van der Waals surface area (Å²) in [5.41, 5.74) is 10.3. The van der Waals surface area contributed by atoms with Crippen molar-refractivity contribution in [3.8, 4) is 11.8 Å². The highest BCUT2D eigenvalue weighted by molar-refractivity contribution is 5.97. The van der Waals surface area contributed by atoms with Crippen LogP contribution in [0.25, 0.3) is 0 Å². The number of carbonyl (C=O) groups is 3. The monoisotopic (exact) mass is 474 g/mol. The summed E-state index contributed by atoms with van der Waals surface area (Å²) in [6.45, 7) is 1.70. The molecule has 0 saturated heterocycles. The van der Waals surface area contributed by atoms with Gasteiger partial charge in [0.1, 0.15) is 6.04 Å². The Morgan fingerprint density at radius 1 is 1.03 bits per heavy atom. The van der Waals surface area contributed by atoms with E-state index in [2.05, 4.69) is 32.4 Å². The number of anilines is 1. The van der Waals surface area contributed by atoms with Gasteiger partial charge in [-0.15, -0.1) is 0 Å². The molecule has 0 radical (unpaired) electrons. The summed E-state index contributed by atoms with van der Waals surface area (Å²) in [7, 11) is 0.